The van der Waals surface area contributed by atoms with Crippen LogP contribution in [0.4, 0.5) is 0 Å². The van der Waals surface area contributed by atoms with Gasteiger partial charge in [-0.1, -0.05) is 82.9 Å². The Kier molecular flexibility index (Phi) is 11.4. The molecule has 220 valence electrons. The summed E-state index contributed by atoms with van der Waals surface area (Å²) in [5.41, 5.74) is 4.23. The van der Waals surface area contributed by atoms with Crippen molar-refractivity contribution in [2.45, 2.75) is 71.6 Å². The molecule has 1 atom stereocenters. The average molecular weight is 585 g/mol. The molecule has 0 fully saturated rings. The number of carboxylic acid groups (broad SMARTS) is 1. The van der Waals surface area contributed by atoms with Gasteiger partial charge in [0.2, 0.25) is 0 Å². The molecule has 0 saturated heterocycles. The molecular weight excluding hydrogens is 544 g/mol. The van der Waals surface area contributed by atoms with Crippen LogP contribution in [0, 0.1) is 5.92 Å². The first-order valence-corrected chi connectivity index (χ1v) is 15.7. The molecule has 42 heavy (non-hydrogen) atoms. The molecule has 4 aromatic rings. The van der Waals surface area contributed by atoms with Crippen LogP contribution in [0.3, 0.4) is 0 Å². The topological polar surface area (TPSA) is 89.4 Å². The summed E-state index contributed by atoms with van der Waals surface area (Å²) in [7, 11) is 0. The third-order valence-corrected chi connectivity index (χ3v) is 8.58. The number of nitrogens with zero attached hydrogens (tertiary/aromatic N) is 2. The second kappa shape index (κ2) is 15.4. The van der Waals surface area contributed by atoms with Gasteiger partial charge in [-0.2, -0.15) is 0 Å². The lowest BCUT2D eigenvalue weighted by Crippen LogP contribution is -2.20. The summed E-state index contributed by atoms with van der Waals surface area (Å²) in [6, 6.07) is 17.5. The summed E-state index contributed by atoms with van der Waals surface area (Å²) >= 11 is 1.54. The van der Waals surface area contributed by atoms with E-state index in [-0.39, 0.29) is 18.6 Å². The number of rotatable bonds is 16. The van der Waals surface area contributed by atoms with Crippen molar-refractivity contribution >= 4 is 23.1 Å². The van der Waals surface area contributed by atoms with E-state index in [0.29, 0.717) is 17.3 Å². The van der Waals surface area contributed by atoms with Crippen LogP contribution in [0.2, 0.25) is 0 Å². The van der Waals surface area contributed by atoms with Crippen LogP contribution in [0.25, 0.3) is 22.5 Å². The molecule has 0 aliphatic rings. The first kappa shape index (κ1) is 31.1. The van der Waals surface area contributed by atoms with Gasteiger partial charge in [-0.05, 0) is 48.1 Å². The fraction of sp³-hybridized carbons (Fsp3) is 0.371. The Hall–Kier alpha value is -3.84. The smallest absolute Gasteiger partial charge is 0.307 e. The lowest BCUT2D eigenvalue weighted by Gasteiger charge is -2.12. The molecule has 0 radical (unpaired) electrons. The third-order valence-electron chi connectivity index (χ3n) is 7.34. The number of carbonyl (C=O) groups is 2. The van der Waals surface area contributed by atoms with Gasteiger partial charge in [-0.15, -0.1) is 11.3 Å². The lowest BCUT2D eigenvalue weighted by molar-refractivity contribution is -0.141. The van der Waals surface area contributed by atoms with Crippen molar-refractivity contribution in [2.24, 2.45) is 5.92 Å². The maximum absolute atomic E-state index is 12.8. The van der Waals surface area contributed by atoms with Gasteiger partial charge in [-0.25, -0.2) is 9.97 Å². The Morgan fingerprint density at radius 2 is 1.55 bits per heavy atom. The molecule has 6 nitrogen and oxygen atoms in total. The van der Waals surface area contributed by atoms with Gasteiger partial charge >= 0.3 is 5.97 Å². The van der Waals surface area contributed by atoms with E-state index >= 15 is 0 Å². The molecule has 1 N–H and O–H groups in total. The highest BCUT2D eigenvalue weighted by atomic mass is 32.1. The standard InChI is InChI=1S/C35H40N2O4S/c1-4-5-6-7-8-17-41-31-15-13-26(14-16-31)30-21-36-34(37-22-30)27-11-9-25(10-12-27)18-28(35(39)40)19-32(38)29-20-33(24(2)3)42-23-29/h9-16,20-24,28H,4-8,17-19H2,1-3H3,(H,39,40)/t28-/m1/s1. The van der Waals surface area contributed by atoms with E-state index in [2.05, 4.69) is 30.7 Å². The number of carboxylic acids is 1. The summed E-state index contributed by atoms with van der Waals surface area (Å²) in [5.74, 6) is -0.0799. The highest BCUT2D eigenvalue weighted by molar-refractivity contribution is 7.10. The van der Waals surface area contributed by atoms with E-state index < -0.39 is 11.9 Å². The number of aromatic nitrogens is 2. The summed E-state index contributed by atoms with van der Waals surface area (Å²) in [4.78, 5) is 35.0. The normalized spacial score (nSPS) is 11.9. The monoisotopic (exact) mass is 584 g/mol. The fourth-order valence-corrected chi connectivity index (χ4v) is 5.66. The Morgan fingerprint density at radius 3 is 2.17 bits per heavy atom. The minimum absolute atomic E-state index is 0.0257. The summed E-state index contributed by atoms with van der Waals surface area (Å²) in [6.07, 6.45) is 9.94. The van der Waals surface area contributed by atoms with Gasteiger partial charge in [-0.3, -0.25) is 9.59 Å². The first-order valence-electron chi connectivity index (χ1n) is 14.8. The Bertz CT molecular complexity index is 1430. The molecule has 4 rings (SSSR count). The number of hydrogen-bond acceptors (Lipinski definition) is 6. The van der Waals surface area contributed by atoms with Crippen LogP contribution in [-0.2, 0) is 11.2 Å². The van der Waals surface area contributed by atoms with E-state index in [1.165, 1.54) is 25.7 Å². The molecule has 0 amide bonds. The quantitative estimate of drug-likeness (QED) is 0.104. The van der Waals surface area contributed by atoms with Crippen molar-refractivity contribution in [3.05, 3.63) is 88.4 Å². The molecule has 0 unspecified atom stereocenters. The van der Waals surface area contributed by atoms with Crippen molar-refractivity contribution in [3.63, 3.8) is 0 Å². The predicted molar refractivity (Wildman–Crippen MR) is 169 cm³/mol. The van der Waals surface area contributed by atoms with E-state index in [9.17, 15) is 14.7 Å². The third kappa shape index (κ3) is 8.83. The summed E-state index contributed by atoms with van der Waals surface area (Å²) in [5, 5.41) is 11.6. The van der Waals surface area contributed by atoms with Crippen LogP contribution >= 0.6 is 11.3 Å². The molecule has 0 aliphatic carbocycles. The molecule has 0 aliphatic heterocycles. The van der Waals surface area contributed by atoms with Crippen molar-refractivity contribution in [1.82, 2.24) is 9.97 Å². The second-order valence-corrected chi connectivity index (χ2v) is 12.0. The van der Waals surface area contributed by atoms with Gasteiger partial charge in [0.15, 0.2) is 11.6 Å². The van der Waals surface area contributed by atoms with Crippen LogP contribution in [-0.4, -0.2) is 33.4 Å². The SMILES string of the molecule is CCCCCCCOc1ccc(-c2cnc(-c3ccc(C[C@H](CC(=O)c4csc(C(C)C)c4)C(=O)O)cc3)nc2)cc1. The number of ketones is 1. The Balaban J connectivity index is 1.32. The largest absolute Gasteiger partial charge is 0.494 e. The van der Waals surface area contributed by atoms with Crippen molar-refractivity contribution in [3.8, 4) is 28.3 Å². The highest BCUT2D eigenvalue weighted by Crippen LogP contribution is 2.27. The molecule has 2 heterocycles. The number of thiophene rings is 1. The molecule has 0 spiro atoms. The maximum atomic E-state index is 12.8. The van der Waals surface area contributed by atoms with Gasteiger partial charge in [0.05, 0.1) is 12.5 Å². The summed E-state index contributed by atoms with van der Waals surface area (Å²) in [6.45, 7) is 7.11. The number of benzene rings is 2. The molecule has 0 bridgehead atoms. The van der Waals surface area contributed by atoms with Crippen LogP contribution in [0.1, 0.15) is 86.0 Å². The number of carbonyl (C=O) groups excluding carboxylic acids is 1. The molecule has 2 aromatic heterocycles. The van der Waals surface area contributed by atoms with E-state index in [1.54, 1.807) is 23.7 Å². The van der Waals surface area contributed by atoms with E-state index in [4.69, 9.17) is 4.74 Å². The summed E-state index contributed by atoms with van der Waals surface area (Å²) < 4.78 is 5.87. The minimum Gasteiger partial charge on any atom is -0.494 e. The van der Waals surface area contributed by atoms with Crippen molar-refractivity contribution in [1.29, 1.82) is 0 Å². The molecule has 7 heteroatoms. The van der Waals surface area contributed by atoms with Crippen LogP contribution in [0.15, 0.2) is 72.4 Å². The minimum atomic E-state index is -0.965. The zero-order chi connectivity index (χ0) is 29.9. The molecular formula is C35H40N2O4S. The molecule has 2 aromatic carbocycles. The number of ether oxygens (including phenoxy) is 1. The second-order valence-electron chi connectivity index (χ2n) is 11.0. The van der Waals surface area contributed by atoms with Crippen LogP contribution in [0.5, 0.6) is 5.75 Å². The number of hydrogen-bond donors (Lipinski definition) is 1. The van der Waals surface area contributed by atoms with Gasteiger partial charge in [0.1, 0.15) is 5.75 Å². The first-order chi connectivity index (χ1) is 20.3. The lowest BCUT2D eigenvalue weighted by atomic mass is 9.92. The molecule has 0 saturated carbocycles. The van der Waals surface area contributed by atoms with Crippen molar-refractivity contribution < 1.29 is 19.4 Å². The number of unbranched alkanes of at least 4 members (excludes halogenated alkanes) is 4. The number of Topliss-reactive ketones (excluding diaryl/α,β-unsaturated/α-hetero) is 1. The predicted octanol–water partition coefficient (Wildman–Crippen LogP) is 8.86. The van der Waals surface area contributed by atoms with Crippen molar-refractivity contribution in [2.75, 3.05) is 6.61 Å². The Labute approximate surface area is 252 Å². The van der Waals surface area contributed by atoms with Crippen LogP contribution < -0.4 is 4.74 Å². The van der Waals surface area contributed by atoms with Gasteiger partial charge in [0, 0.05) is 45.8 Å². The van der Waals surface area contributed by atoms with E-state index in [1.807, 2.05) is 60.0 Å². The van der Waals surface area contributed by atoms with Gasteiger partial charge < -0.3 is 9.84 Å². The average Bonchev–Trinajstić information content (AvgIpc) is 3.51. The zero-order valence-corrected chi connectivity index (χ0v) is 25.5. The van der Waals surface area contributed by atoms with Gasteiger partial charge in [0.25, 0.3) is 0 Å². The number of aliphatic carboxylic acids is 1. The highest BCUT2D eigenvalue weighted by Gasteiger charge is 2.23. The maximum Gasteiger partial charge on any atom is 0.307 e. The zero-order valence-electron chi connectivity index (χ0n) is 24.7. The van der Waals surface area contributed by atoms with E-state index in [0.717, 1.165) is 45.9 Å². The fourth-order valence-electron chi connectivity index (χ4n) is 4.73. The Morgan fingerprint density at radius 1 is 0.881 bits per heavy atom.